The van der Waals surface area contributed by atoms with Crippen molar-refractivity contribution in [3.05, 3.63) is 85.1 Å². The van der Waals surface area contributed by atoms with Gasteiger partial charge in [-0.05, 0) is 83.5 Å². The van der Waals surface area contributed by atoms with Crippen molar-refractivity contribution in [3.8, 4) is 0 Å². The van der Waals surface area contributed by atoms with Crippen LogP contribution in [-0.2, 0) is 18.4 Å². The maximum atomic E-state index is 13.0. The first-order valence-corrected chi connectivity index (χ1v) is 32.0. The van der Waals surface area contributed by atoms with E-state index in [1.165, 1.54) is 161 Å². The van der Waals surface area contributed by atoms with E-state index in [2.05, 4.69) is 92.1 Å². The second kappa shape index (κ2) is 54.5. The Balaban J connectivity index is 4.25. The van der Waals surface area contributed by atoms with Crippen LogP contribution < -0.4 is 5.32 Å². The maximum Gasteiger partial charge on any atom is 0.472 e. The van der Waals surface area contributed by atoms with Crippen molar-refractivity contribution >= 4 is 13.7 Å². The summed E-state index contributed by atoms with van der Waals surface area (Å²) in [6.07, 6.45) is 77.1. The number of hydrogen-bond acceptors (Lipinski definition) is 5. The van der Waals surface area contributed by atoms with Crippen LogP contribution in [0.3, 0.4) is 0 Å². The van der Waals surface area contributed by atoms with E-state index in [1.54, 1.807) is 6.08 Å². The normalized spacial score (nSPS) is 14.5. The molecule has 3 N–H and O–H groups in total. The third-order valence-corrected chi connectivity index (χ3v) is 14.3. The number of allylic oxidation sites excluding steroid dienone is 13. The third kappa shape index (κ3) is 57.2. The number of nitrogens with zero attached hydrogens (tertiary/aromatic N) is 1. The first-order valence-electron chi connectivity index (χ1n) is 30.5. The van der Waals surface area contributed by atoms with Crippen LogP contribution in [0.4, 0.5) is 0 Å². The van der Waals surface area contributed by atoms with Crippen LogP contribution in [0.5, 0.6) is 0 Å². The fourth-order valence-corrected chi connectivity index (χ4v) is 9.33. The number of carbonyl (C=O) groups excluding carboxylic acids is 1. The minimum atomic E-state index is -4.37. The molecule has 424 valence electrons. The molecule has 8 nitrogen and oxygen atoms in total. The molecule has 0 heterocycles. The number of phosphoric ester groups is 1. The van der Waals surface area contributed by atoms with Crippen LogP contribution in [0.15, 0.2) is 85.1 Å². The summed E-state index contributed by atoms with van der Waals surface area (Å²) in [5, 5.41) is 13.9. The van der Waals surface area contributed by atoms with Crippen molar-refractivity contribution in [1.29, 1.82) is 0 Å². The molecule has 0 aliphatic heterocycles. The van der Waals surface area contributed by atoms with Gasteiger partial charge in [-0.2, -0.15) is 0 Å². The molecule has 0 fully saturated rings. The molecule has 1 amide bonds. The summed E-state index contributed by atoms with van der Waals surface area (Å²) in [4.78, 5) is 23.3. The second-order valence-electron chi connectivity index (χ2n) is 21.7. The Hall–Kier alpha value is -2.32. The van der Waals surface area contributed by atoms with Crippen LogP contribution in [0, 0.1) is 0 Å². The topological polar surface area (TPSA) is 105 Å². The number of unbranched alkanes of at least 4 members (excludes halogenated alkanes) is 30. The Morgan fingerprint density at radius 1 is 0.479 bits per heavy atom. The molecule has 0 bridgehead atoms. The molecule has 9 heteroatoms. The minimum absolute atomic E-state index is 0.0479. The van der Waals surface area contributed by atoms with E-state index in [9.17, 15) is 19.4 Å². The van der Waals surface area contributed by atoms with E-state index in [-0.39, 0.29) is 19.1 Å². The fraction of sp³-hybridized carbons (Fsp3) is 0.766. The van der Waals surface area contributed by atoms with Crippen molar-refractivity contribution in [2.75, 3.05) is 40.9 Å². The van der Waals surface area contributed by atoms with Crippen LogP contribution in [0.1, 0.15) is 264 Å². The summed E-state index contributed by atoms with van der Waals surface area (Å²) >= 11 is 0. The fourth-order valence-electron chi connectivity index (χ4n) is 8.60. The number of rotatable bonds is 55. The number of aliphatic hydroxyl groups excluding tert-OH is 1. The first kappa shape index (κ1) is 70.7. The zero-order chi connectivity index (χ0) is 53.5. The standard InChI is InChI=1S/C64H117N2O6P/c1-6-8-10-12-14-16-18-20-22-24-26-28-29-30-31-32-33-34-35-36-38-39-41-43-45-47-49-51-53-55-57-63(67)62(61-72-73(69,70)71-60-59-66(3,4)5)65-64(68)58-56-54-52-50-48-46-44-42-40-37-27-25-23-21-19-17-15-13-11-9-7-2/h9,11,15,17,21,23,27,37,39,41,47,49,55,57,62-63,67H,6-8,10,12-14,16,18-20,22,24-26,28-36,38,40,42-46,48,50-54,56,58-61H2,1-5H3,(H-,65,68,69,70)/p+1/b11-9-,17-15-,23-21-,37-27-,41-39+,49-47+,57-55+. The van der Waals surface area contributed by atoms with Gasteiger partial charge < -0.3 is 19.8 Å². The van der Waals surface area contributed by atoms with Gasteiger partial charge in [0, 0.05) is 6.42 Å². The zero-order valence-electron chi connectivity index (χ0n) is 48.4. The molecular weight excluding hydrogens is 924 g/mol. The molecule has 3 atom stereocenters. The van der Waals surface area contributed by atoms with Gasteiger partial charge in [0.2, 0.25) is 5.91 Å². The predicted octanol–water partition coefficient (Wildman–Crippen LogP) is 18.8. The molecule has 0 spiro atoms. The lowest BCUT2D eigenvalue weighted by Gasteiger charge is -2.25. The molecule has 3 unspecified atom stereocenters. The summed E-state index contributed by atoms with van der Waals surface area (Å²) in [6, 6.07) is -0.881. The molecule has 0 aromatic carbocycles. The highest BCUT2D eigenvalue weighted by Crippen LogP contribution is 2.43. The maximum absolute atomic E-state index is 13.0. The van der Waals surface area contributed by atoms with Crippen LogP contribution >= 0.6 is 7.82 Å². The highest BCUT2D eigenvalue weighted by atomic mass is 31.2. The van der Waals surface area contributed by atoms with E-state index in [1.807, 2.05) is 27.2 Å². The van der Waals surface area contributed by atoms with E-state index in [0.29, 0.717) is 17.4 Å². The molecule has 73 heavy (non-hydrogen) atoms. The lowest BCUT2D eigenvalue weighted by atomic mass is 10.0. The smallest absolute Gasteiger partial charge is 0.387 e. The van der Waals surface area contributed by atoms with Gasteiger partial charge in [0.25, 0.3) is 0 Å². The number of hydrogen-bond donors (Lipinski definition) is 3. The summed E-state index contributed by atoms with van der Waals surface area (Å²) in [7, 11) is 1.53. The highest BCUT2D eigenvalue weighted by molar-refractivity contribution is 7.47. The highest BCUT2D eigenvalue weighted by Gasteiger charge is 2.27. The molecule has 0 aliphatic rings. The Labute approximate surface area is 452 Å². The van der Waals surface area contributed by atoms with E-state index in [4.69, 9.17) is 9.05 Å². The average molecular weight is 1040 g/mol. The van der Waals surface area contributed by atoms with Gasteiger partial charge in [-0.3, -0.25) is 13.8 Å². The Kier molecular flexibility index (Phi) is 52.7. The number of phosphoric acid groups is 1. The van der Waals surface area contributed by atoms with Gasteiger partial charge in [0.1, 0.15) is 13.2 Å². The van der Waals surface area contributed by atoms with Gasteiger partial charge in [-0.25, -0.2) is 4.57 Å². The monoisotopic (exact) mass is 1040 g/mol. The number of nitrogens with one attached hydrogen (secondary N) is 1. The molecule has 0 aliphatic carbocycles. The molecule has 0 aromatic heterocycles. The molecule has 0 saturated carbocycles. The Bertz CT molecular complexity index is 1460. The summed E-state index contributed by atoms with van der Waals surface area (Å²) in [5.74, 6) is -0.201. The zero-order valence-corrected chi connectivity index (χ0v) is 49.3. The molecular formula is C64H118N2O6P+. The summed E-state index contributed by atoms with van der Waals surface area (Å²) in [5.41, 5.74) is 0. The van der Waals surface area contributed by atoms with Crippen molar-refractivity contribution in [3.63, 3.8) is 0 Å². The SMILES string of the molecule is CC/C=C\C/C=C\C/C=C\C/C=C\CCCCCCCCCCC(=O)NC(COP(=O)(O)OCC[N+](C)(C)C)C(O)/C=C/CC/C=C/CC/C=C/CCCCCCCCCCCCCCCCCCCCCC. The first-order chi connectivity index (χ1) is 35.5. The largest absolute Gasteiger partial charge is 0.472 e. The number of amides is 1. The van der Waals surface area contributed by atoms with Crippen LogP contribution in [-0.4, -0.2) is 73.4 Å². The number of likely N-dealkylation sites (N-methyl/N-ethyl adjacent to an activating group) is 1. The second-order valence-corrected chi connectivity index (χ2v) is 23.1. The van der Waals surface area contributed by atoms with Gasteiger partial charge in [-0.1, -0.05) is 259 Å². The van der Waals surface area contributed by atoms with Crippen molar-refractivity contribution < 1.29 is 32.9 Å². The average Bonchev–Trinajstić information content (AvgIpc) is 3.35. The number of carbonyl (C=O) groups is 1. The lowest BCUT2D eigenvalue weighted by Crippen LogP contribution is -2.45. The molecule has 0 rings (SSSR count). The van der Waals surface area contributed by atoms with Gasteiger partial charge in [0.15, 0.2) is 0 Å². The van der Waals surface area contributed by atoms with Crippen molar-refractivity contribution in [2.24, 2.45) is 0 Å². The number of aliphatic hydroxyl groups is 1. The third-order valence-electron chi connectivity index (χ3n) is 13.3. The van der Waals surface area contributed by atoms with Gasteiger partial charge >= 0.3 is 7.82 Å². The van der Waals surface area contributed by atoms with Gasteiger partial charge in [0.05, 0.1) is 39.9 Å². The molecule has 0 saturated heterocycles. The van der Waals surface area contributed by atoms with Crippen LogP contribution in [0.2, 0.25) is 0 Å². The summed E-state index contributed by atoms with van der Waals surface area (Å²) in [6.45, 7) is 4.68. The van der Waals surface area contributed by atoms with E-state index < -0.39 is 20.0 Å². The van der Waals surface area contributed by atoms with Crippen molar-refractivity contribution in [1.82, 2.24) is 5.32 Å². The summed E-state index contributed by atoms with van der Waals surface area (Å²) < 4.78 is 23.7. The molecule has 0 radical (unpaired) electrons. The Morgan fingerprint density at radius 2 is 0.836 bits per heavy atom. The van der Waals surface area contributed by atoms with Gasteiger partial charge in [-0.15, -0.1) is 0 Å². The minimum Gasteiger partial charge on any atom is -0.387 e. The van der Waals surface area contributed by atoms with E-state index >= 15 is 0 Å². The number of quaternary nitrogens is 1. The predicted molar refractivity (Wildman–Crippen MR) is 318 cm³/mol. The lowest BCUT2D eigenvalue weighted by molar-refractivity contribution is -0.870. The van der Waals surface area contributed by atoms with Crippen LogP contribution in [0.25, 0.3) is 0 Å². The molecule has 0 aromatic rings. The van der Waals surface area contributed by atoms with E-state index in [0.717, 1.165) is 83.5 Å². The Morgan fingerprint density at radius 3 is 1.26 bits per heavy atom. The quantitative estimate of drug-likeness (QED) is 0.0243. The van der Waals surface area contributed by atoms with Crippen molar-refractivity contribution in [2.45, 2.75) is 276 Å².